The summed E-state index contributed by atoms with van der Waals surface area (Å²) in [6, 6.07) is 6.50. The number of aryl methyl sites for hydroxylation is 1. The maximum atomic E-state index is 13.3. The summed E-state index contributed by atoms with van der Waals surface area (Å²) in [6.07, 6.45) is 1.57. The fourth-order valence-electron chi connectivity index (χ4n) is 2.13. The van der Waals surface area contributed by atoms with E-state index in [4.69, 9.17) is 11.6 Å². The van der Waals surface area contributed by atoms with Crippen LogP contribution in [-0.2, 0) is 4.79 Å². The predicted molar refractivity (Wildman–Crippen MR) is 81.6 cm³/mol. The van der Waals surface area contributed by atoms with E-state index in [1.807, 2.05) is 24.5 Å². The Morgan fingerprint density at radius 2 is 2.10 bits per heavy atom. The van der Waals surface area contributed by atoms with Gasteiger partial charge in [0.1, 0.15) is 5.82 Å². The van der Waals surface area contributed by atoms with Gasteiger partial charge >= 0.3 is 0 Å². The minimum absolute atomic E-state index is 0.0773. The highest BCUT2D eigenvalue weighted by atomic mass is 35.5. The largest absolute Gasteiger partial charge is 0.318 e. The third-order valence-corrected chi connectivity index (χ3v) is 3.35. The number of nitrogens with zero attached hydrogens (tertiary/aromatic N) is 2. The average Bonchev–Trinajstić information content (AvgIpc) is 2.68. The molecular weight excluding hydrogens is 293 g/mol. The Bertz CT molecular complexity index is 722. The molecule has 0 unspecified atom stereocenters. The number of benzene rings is 1. The monoisotopic (exact) mass is 307 g/mol. The van der Waals surface area contributed by atoms with Gasteiger partial charge in [-0.1, -0.05) is 11.6 Å². The fraction of sp³-hybridized carbons (Fsp3) is 0.200. The number of aromatic nitrogens is 1. The number of carbonyl (C=O) groups is 1. The highest BCUT2D eigenvalue weighted by molar-refractivity contribution is 6.30. The van der Waals surface area contributed by atoms with Crippen molar-refractivity contribution >= 4 is 23.7 Å². The van der Waals surface area contributed by atoms with Crippen LogP contribution in [0.5, 0.6) is 0 Å². The molecule has 6 heteroatoms. The van der Waals surface area contributed by atoms with Crippen LogP contribution in [0.3, 0.4) is 0 Å². The second kappa shape index (κ2) is 6.10. The van der Waals surface area contributed by atoms with Crippen LogP contribution in [-0.4, -0.2) is 16.7 Å². The van der Waals surface area contributed by atoms with E-state index in [0.717, 1.165) is 22.6 Å². The summed E-state index contributed by atoms with van der Waals surface area (Å²) in [4.78, 5) is 10.8. The van der Waals surface area contributed by atoms with Crippen molar-refractivity contribution in [3.63, 3.8) is 0 Å². The Labute approximate surface area is 127 Å². The number of hydrogen-bond donors (Lipinski definition) is 1. The highest BCUT2D eigenvalue weighted by Crippen LogP contribution is 2.23. The molecule has 110 valence electrons. The fourth-order valence-corrected chi connectivity index (χ4v) is 2.31. The Morgan fingerprint density at radius 1 is 1.38 bits per heavy atom. The molecule has 0 fully saturated rings. The summed E-state index contributed by atoms with van der Waals surface area (Å²) in [5.41, 5.74) is 5.87. The number of carbonyl (C=O) groups excluding carboxylic acids is 1. The van der Waals surface area contributed by atoms with Gasteiger partial charge in [0.05, 0.1) is 11.2 Å². The van der Waals surface area contributed by atoms with Crippen molar-refractivity contribution in [3.8, 4) is 5.69 Å². The van der Waals surface area contributed by atoms with E-state index in [0.29, 0.717) is 0 Å². The molecule has 0 aliphatic rings. The number of amides is 1. The molecule has 1 aromatic carbocycles. The number of nitrogens with one attached hydrogen (secondary N) is 1. The molecule has 0 aliphatic carbocycles. The zero-order valence-corrected chi connectivity index (χ0v) is 12.7. The van der Waals surface area contributed by atoms with Crippen molar-refractivity contribution in [1.29, 1.82) is 0 Å². The Morgan fingerprint density at radius 3 is 2.71 bits per heavy atom. The summed E-state index contributed by atoms with van der Waals surface area (Å²) < 4.78 is 15.2. The van der Waals surface area contributed by atoms with Crippen LogP contribution in [0.4, 0.5) is 4.39 Å². The lowest BCUT2D eigenvalue weighted by Gasteiger charge is -2.10. The van der Waals surface area contributed by atoms with Crippen molar-refractivity contribution < 1.29 is 9.18 Å². The van der Waals surface area contributed by atoms with Crippen LogP contribution in [0.15, 0.2) is 29.4 Å². The third kappa shape index (κ3) is 3.31. The van der Waals surface area contributed by atoms with E-state index in [9.17, 15) is 9.18 Å². The lowest BCUT2D eigenvalue weighted by molar-refractivity contribution is -0.118. The van der Waals surface area contributed by atoms with Crippen LogP contribution in [0.2, 0.25) is 5.02 Å². The quantitative estimate of drug-likeness (QED) is 0.686. The number of halogens is 2. The van der Waals surface area contributed by atoms with Gasteiger partial charge in [0.15, 0.2) is 0 Å². The summed E-state index contributed by atoms with van der Waals surface area (Å²) >= 11 is 5.83. The van der Waals surface area contributed by atoms with Gasteiger partial charge in [-0.2, -0.15) is 5.10 Å². The standard InChI is InChI=1S/C15H15ClFN3O/c1-9-6-12(8-18-19-11(3)21)10(2)20(9)13-4-5-15(17)14(16)7-13/h4-8H,1-3H3,(H,19,21)/b18-8-. The number of rotatable bonds is 3. The second-order valence-corrected chi connectivity index (χ2v) is 5.09. The smallest absolute Gasteiger partial charge is 0.236 e. The molecule has 4 nitrogen and oxygen atoms in total. The van der Waals surface area contributed by atoms with Gasteiger partial charge in [-0.25, -0.2) is 9.82 Å². The van der Waals surface area contributed by atoms with Gasteiger partial charge in [-0.05, 0) is 38.1 Å². The minimum Gasteiger partial charge on any atom is -0.318 e. The van der Waals surface area contributed by atoms with Gasteiger partial charge in [0.25, 0.3) is 0 Å². The first kappa shape index (κ1) is 15.3. The van der Waals surface area contributed by atoms with E-state index in [-0.39, 0.29) is 10.9 Å². The van der Waals surface area contributed by atoms with E-state index < -0.39 is 5.82 Å². The average molecular weight is 308 g/mol. The molecule has 0 radical (unpaired) electrons. The Hall–Kier alpha value is -2.14. The first-order chi connectivity index (χ1) is 9.90. The first-order valence-electron chi connectivity index (χ1n) is 6.34. The van der Waals surface area contributed by atoms with Gasteiger partial charge in [-0.15, -0.1) is 0 Å². The summed E-state index contributed by atoms with van der Waals surface area (Å²) in [7, 11) is 0. The van der Waals surface area contributed by atoms with Crippen LogP contribution >= 0.6 is 11.6 Å². The predicted octanol–water partition coefficient (Wildman–Crippen LogP) is 3.36. The van der Waals surface area contributed by atoms with E-state index in [2.05, 4.69) is 10.5 Å². The molecule has 0 spiro atoms. The molecule has 1 amide bonds. The number of hydrazone groups is 1. The van der Waals surface area contributed by atoms with E-state index >= 15 is 0 Å². The molecule has 21 heavy (non-hydrogen) atoms. The van der Waals surface area contributed by atoms with Crippen molar-refractivity contribution in [2.75, 3.05) is 0 Å². The van der Waals surface area contributed by atoms with Crippen LogP contribution < -0.4 is 5.43 Å². The van der Waals surface area contributed by atoms with Gasteiger partial charge in [0, 0.05) is 29.6 Å². The molecule has 2 rings (SSSR count). The number of hydrogen-bond acceptors (Lipinski definition) is 2. The van der Waals surface area contributed by atoms with Crippen molar-refractivity contribution in [3.05, 3.63) is 52.1 Å². The molecule has 1 heterocycles. The van der Waals surface area contributed by atoms with E-state index in [1.54, 1.807) is 18.3 Å². The van der Waals surface area contributed by atoms with Gasteiger partial charge in [0.2, 0.25) is 5.91 Å². The molecule has 1 N–H and O–H groups in total. The van der Waals surface area contributed by atoms with Gasteiger partial charge < -0.3 is 4.57 Å². The van der Waals surface area contributed by atoms with Crippen LogP contribution in [0, 0.1) is 19.7 Å². The second-order valence-electron chi connectivity index (χ2n) is 4.69. The first-order valence-corrected chi connectivity index (χ1v) is 6.72. The Kier molecular flexibility index (Phi) is 4.43. The lowest BCUT2D eigenvalue weighted by Crippen LogP contribution is -2.12. The third-order valence-electron chi connectivity index (χ3n) is 3.06. The maximum Gasteiger partial charge on any atom is 0.236 e. The molecule has 0 saturated heterocycles. The molecule has 0 saturated carbocycles. The zero-order chi connectivity index (χ0) is 15.6. The van der Waals surface area contributed by atoms with Crippen LogP contribution in [0.1, 0.15) is 23.9 Å². The zero-order valence-electron chi connectivity index (χ0n) is 11.9. The van der Waals surface area contributed by atoms with Crippen molar-refractivity contribution in [1.82, 2.24) is 9.99 Å². The Balaban J connectivity index is 2.41. The topological polar surface area (TPSA) is 46.4 Å². The summed E-state index contributed by atoms with van der Waals surface area (Å²) in [5, 5.41) is 3.94. The summed E-state index contributed by atoms with van der Waals surface area (Å²) in [6.45, 7) is 5.24. The molecule has 0 aliphatic heterocycles. The minimum atomic E-state index is -0.449. The van der Waals surface area contributed by atoms with Crippen LogP contribution in [0.25, 0.3) is 5.69 Å². The highest BCUT2D eigenvalue weighted by Gasteiger charge is 2.11. The van der Waals surface area contributed by atoms with Gasteiger partial charge in [-0.3, -0.25) is 4.79 Å². The van der Waals surface area contributed by atoms with Crippen molar-refractivity contribution in [2.24, 2.45) is 5.10 Å². The SMILES string of the molecule is CC(=O)N/N=C\c1cc(C)n(-c2ccc(F)c(Cl)c2)c1C. The molecule has 0 atom stereocenters. The normalized spacial score (nSPS) is 11.1. The summed E-state index contributed by atoms with van der Waals surface area (Å²) in [5.74, 6) is -0.680. The van der Waals surface area contributed by atoms with E-state index in [1.165, 1.54) is 13.0 Å². The lowest BCUT2D eigenvalue weighted by atomic mass is 10.2. The molecule has 1 aromatic heterocycles. The maximum absolute atomic E-state index is 13.3. The molecule has 2 aromatic rings. The molecule has 0 bridgehead atoms. The molecular formula is C15H15ClFN3O. The van der Waals surface area contributed by atoms with Crippen molar-refractivity contribution in [2.45, 2.75) is 20.8 Å².